The second-order valence-corrected chi connectivity index (χ2v) is 3.77. The normalized spacial score (nSPS) is 17.5. The highest BCUT2D eigenvalue weighted by Crippen LogP contribution is 2.07. The van der Waals surface area contributed by atoms with Gasteiger partial charge in [0.15, 0.2) is 0 Å². The van der Waals surface area contributed by atoms with Crippen molar-refractivity contribution in [3.8, 4) is 0 Å². The molecule has 2 heteroatoms. The Morgan fingerprint density at radius 1 is 1.18 bits per heavy atom. The summed E-state index contributed by atoms with van der Waals surface area (Å²) in [6.07, 6.45) is -0.221. The average molecular weight is 159 g/mol. The van der Waals surface area contributed by atoms with E-state index < -0.39 is 0 Å². The molecule has 0 bridgehead atoms. The van der Waals surface area contributed by atoms with Crippen molar-refractivity contribution in [2.45, 2.75) is 39.8 Å². The standard InChI is InChI=1S/C9H21NO/c1-7(2)9(4)10(5)6-8(3)11/h7-9,11H,6H2,1-5H3/t8-,9?/m1/s1. The van der Waals surface area contributed by atoms with Crippen LogP contribution in [0.5, 0.6) is 0 Å². The maximum atomic E-state index is 9.11. The Bertz CT molecular complexity index is 102. The highest BCUT2D eigenvalue weighted by atomic mass is 16.3. The van der Waals surface area contributed by atoms with Crippen LogP contribution in [0, 0.1) is 5.92 Å². The SMILES string of the molecule is CC(C)C(C)N(C)C[C@@H](C)O. The summed E-state index contributed by atoms with van der Waals surface area (Å²) >= 11 is 0. The van der Waals surface area contributed by atoms with Crippen LogP contribution in [0.4, 0.5) is 0 Å². The molecule has 0 heterocycles. The first-order valence-corrected chi connectivity index (χ1v) is 4.33. The van der Waals surface area contributed by atoms with Crippen LogP contribution in [0.2, 0.25) is 0 Å². The van der Waals surface area contributed by atoms with Crippen LogP contribution in [0.1, 0.15) is 27.7 Å². The van der Waals surface area contributed by atoms with Crippen molar-refractivity contribution in [3.63, 3.8) is 0 Å². The summed E-state index contributed by atoms with van der Waals surface area (Å²) in [6, 6.07) is 0.546. The van der Waals surface area contributed by atoms with Crippen molar-refractivity contribution in [1.82, 2.24) is 4.90 Å². The molecule has 0 saturated carbocycles. The molecule has 0 aliphatic heterocycles. The number of hydrogen-bond acceptors (Lipinski definition) is 2. The fraction of sp³-hybridized carbons (Fsp3) is 1.00. The van der Waals surface area contributed by atoms with E-state index in [0.29, 0.717) is 12.0 Å². The van der Waals surface area contributed by atoms with Gasteiger partial charge < -0.3 is 10.0 Å². The molecule has 0 saturated heterocycles. The van der Waals surface area contributed by atoms with E-state index in [9.17, 15) is 0 Å². The zero-order valence-corrected chi connectivity index (χ0v) is 8.33. The van der Waals surface area contributed by atoms with Gasteiger partial charge in [0.2, 0.25) is 0 Å². The zero-order valence-electron chi connectivity index (χ0n) is 8.33. The van der Waals surface area contributed by atoms with Gasteiger partial charge in [-0.3, -0.25) is 0 Å². The van der Waals surface area contributed by atoms with Crippen LogP contribution in [-0.4, -0.2) is 35.7 Å². The molecule has 1 unspecified atom stereocenters. The molecule has 1 N–H and O–H groups in total. The van der Waals surface area contributed by atoms with Gasteiger partial charge in [0.05, 0.1) is 6.10 Å². The zero-order chi connectivity index (χ0) is 9.02. The third-order valence-electron chi connectivity index (χ3n) is 2.21. The van der Waals surface area contributed by atoms with Crippen molar-refractivity contribution < 1.29 is 5.11 Å². The lowest BCUT2D eigenvalue weighted by atomic mass is 10.1. The van der Waals surface area contributed by atoms with Gasteiger partial charge in [-0.25, -0.2) is 0 Å². The summed E-state index contributed by atoms with van der Waals surface area (Å²) in [6.45, 7) is 9.17. The molecule has 0 aromatic rings. The van der Waals surface area contributed by atoms with E-state index in [1.807, 2.05) is 6.92 Å². The van der Waals surface area contributed by atoms with Gasteiger partial charge in [-0.2, -0.15) is 0 Å². The Morgan fingerprint density at radius 3 is 1.91 bits per heavy atom. The van der Waals surface area contributed by atoms with E-state index in [4.69, 9.17) is 5.11 Å². The monoisotopic (exact) mass is 159 g/mol. The molecule has 0 aliphatic rings. The van der Waals surface area contributed by atoms with Gasteiger partial charge >= 0.3 is 0 Å². The number of likely N-dealkylation sites (N-methyl/N-ethyl adjacent to an activating group) is 1. The van der Waals surface area contributed by atoms with Gasteiger partial charge in [-0.05, 0) is 26.8 Å². The van der Waals surface area contributed by atoms with Crippen LogP contribution in [0.15, 0.2) is 0 Å². The average Bonchev–Trinajstić information content (AvgIpc) is 1.84. The molecule has 0 spiro atoms. The molecule has 68 valence electrons. The Morgan fingerprint density at radius 2 is 1.64 bits per heavy atom. The van der Waals surface area contributed by atoms with Crippen LogP contribution < -0.4 is 0 Å². The fourth-order valence-corrected chi connectivity index (χ4v) is 1.09. The number of aliphatic hydroxyl groups is 1. The van der Waals surface area contributed by atoms with Gasteiger partial charge in [-0.1, -0.05) is 13.8 Å². The number of hydrogen-bond donors (Lipinski definition) is 1. The maximum Gasteiger partial charge on any atom is 0.0639 e. The summed E-state index contributed by atoms with van der Waals surface area (Å²) in [5, 5.41) is 9.11. The molecule has 0 rings (SSSR count). The topological polar surface area (TPSA) is 23.5 Å². The first kappa shape index (κ1) is 10.9. The van der Waals surface area contributed by atoms with Crippen LogP contribution in [0.3, 0.4) is 0 Å². The molecule has 11 heavy (non-hydrogen) atoms. The van der Waals surface area contributed by atoms with Crippen LogP contribution in [-0.2, 0) is 0 Å². The first-order valence-electron chi connectivity index (χ1n) is 4.33. The molecule has 0 fully saturated rings. The largest absolute Gasteiger partial charge is 0.392 e. The van der Waals surface area contributed by atoms with Crippen LogP contribution >= 0.6 is 0 Å². The van der Waals surface area contributed by atoms with E-state index in [0.717, 1.165) is 6.54 Å². The summed E-state index contributed by atoms with van der Waals surface area (Å²) in [7, 11) is 2.05. The number of nitrogens with zero attached hydrogens (tertiary/aromatic N) is 1. The van der Waals surface area contributed by atoms with Crippen molar-refractivity contribution in [2.24, 2.45) is 5.92 Å². The summed E-state index contributed by atoms with van der Waals surface area (Å²) in [5.74, 6) is 0.652. The van der Waals surface area contributed by atoms with E-state index in [1.54, 1.807) is 0 Å². The smallest absolute Gasteiger partial charge is 0.0639 e. The van der Waals surface area contributed by atoms with E-state index in [-0.39, 0.29) is 6.10 Å². The second-order valence-electron chi connectivity index (χ2n) is 3.77. The third-order valence-corrected chi connectivity index (χ3v) is 2.21. The third kappa shape index (κ3) is 4.38. The van der Waals surface area contributed by atoms with Gasteiger partial charge in [0, 0.05) is 12.6 Å². The molecule has 0 aliphatic carbocycles. The highest BCUT2D eigenvalue weighted by molar-refractivity contribution is 4.68. The molecule has 0 aromatic carbocycles. The lowest BCUT2D eigenvalue weighted by Crippen LogP contribution is -2.37. The van der Waals surface area contributed by atoms with E-state index in [2.05, 4.69) is 32.7 Å². The van der Waals surface area contributed by atoms with Crippen molar-refractivity contribution >= 4 is 0 Å². The minimum Gasteiger partial charge on any atom is -0.392 e. The minimum absolute atomic E-state index is 0.221. The van der Waals surface area contributed by atoms with Crippen LogP contribution in [0.25, 0.3) is 0 Å². The minimum atomic E-state index is -0.221. The van der Waals surface area contributed by atoms with Gasteiger partial charge in [-0.15, -0.1) is 0 Å². The summed E-state index contributed by atoms with van der Waals surface area (Å²) in [4.78, 5) is 2.19. The fourth-order valence-electron chi connectivity index (χ4n) is 1.09. The Labute approximate surface area is 70.2 Å². The molecule has 2 nitrogen and oxygen atoms in total. The first-order chi connectivity index (χ1) is 4.95. The molecule has 0 radical (unpaired) electrons. The Hall–Kier alpha value is -0.0800. The van der Waals surface area contributed by atoms with Gasteiger partial charge in [0.25, 0.3) is 0 Å². The second kappa shape index (κ2) is 4.73. The van der Waals surface area contributed by atoms with E-state index >= 15 is 0 Å². The lowest BCUT2D eigenvalue weighted by Gasteiger charge is -2.28. The lowest BCUT2D eigenvalue weighted by molar-refractivity contribution is 0.107. The molecule has 0 amide bonds. The highest BCUT2D eigenvalue weighted by Gasteiger charge is 2.13. The molecular formula is C9H21NO. The molecule has 0 aromatic heterocycles. The predicted octanol–water partition coefficient (Wildman–Crippen LogP) is 1.34. The quantitative estimate of drug-likeness (QED) is 0.669. The van der Waals surface area contributed by atoms with Crippen molar-refractivity contribution in [3.05, 3.63) is 0 Å². The predicted molar refractivity (Wildman–Crippen MR) is 48.6 cm³/mol. The summed E-state index contributed by atoms with van der Waals surface area (Å²) in [5.41, 5.74) is 0. The van der Waals surface area contributed by atoms with Gasteiger partial charge in [0.1, 0.15) is 0 Å². The van der Waals surface area contributed by atoms with E-state index in [1.165, 1.54) is 0 Å². The Balaban J connectivity index is 3.73. The maximum absolute atomic E-state index is 9.11. The summed E-state index contributed by atoms with van der Waals surface area (Å²) < 4.78 is 0. The molecule has 2 atom stereocenters. The number of rotatable bonds is 4. The van der Waals surface area contributed by atoms with Crippen molar-refractivity contribution in [2.75, 3.05) is 13.6 Å². The number of aliphatic hydroxyl groups excluding tert-OH is 1. The molecular weight excluding hydrogens is 138 g/mol. The van der Waals surface area contributed by atoms with Crippen molar-refractivity contribution in [1.29, 1.82) is 0 Å². The Kier molecular flexibility index (Phi) is 4.69.